The van der Waals surface area contributed by atoms with E-state index >= 15 is 0 Å². The molecular formula is C21H19FN6O. The van der Waals surface area contributed by atoms with Gasteiger partial charge in [-0.2, -0.15) is 5.10 Å². The van der Waals surface area contributed by atoms with Crippen molar-refractivity contribution in [3.8, 4) is 17.1 Å². The van der Waals surface area contributed by atoms with Gasteiger partial charge < -0.3 is 15.3 Å². The predicted molar refractivity (Wildman–Crippen MR) is 111 cm³/mol. The number of nitrogens with zero attached hydrogens (tertiary/aromatic N) is 3. The summed E-state index contributed by atoms with van der Waals surface area (Å²) in [6.45, 7) is 1.22. The number of nitrogens with two attached hydrogens (primary N) is 1. The van der Waals surface area contributed by atoms with Gasteiger partial charge in [-0.3, -0.25) is 0 Å². The zero-order chi connectivity index (χ0) is 20.0. The van der Waals surface area contributed by atoms with E-state index in [1.807, 2.05) is 41.2 Å². The molecule has 5 rings (SSSR count). The number of fused-ring (bicyclic) bond motifs is 2. The van der Waals surface area contributed by atoms with Crippen LogP contribution in [0.25, 0.3) is 38.9 Å². The van der Waals surface area contributed by atoms with Crippen molar-refractivity contribution in [3.63, 3.8) is 0 Å². The maximum absolute atomic E-state index is 14.1. The number of aromatic nitrogens is 5. The Bertz CT molecular complexity index is 1390. The summed E-state index contributed by atoms with van der Waals surface area (Å²) in [5.74, 6) is 0.107. The van der Waals surface area contributed by atoms with Gasteiger partial charge in [0.05, 0.1) is 11.2 Å². The zero-order valence-electron chi connectivity index (χ0n) is 15.5. The van der Waals surface area contributed by atoms with Crippen molar-refractivity contribution in [2.24, 2.45) is 5.73 Å². The predicted octanol–water partition coefficient (Wildman–Crippen LogP) is 3.15. The summed E-state index contributed by atoms with van der Waals surface area (Å²) in [6.07, 6.45) is 4.45. The second-order valence-electron chi connectivity index (χ2n) is 6.95. The molecule has 5 aromatic rings. The van der Waals surface area contributed by atoms with Gasteiger partial charge >= 0.3 is 5.69 Å². The highest BCUT2D eigenvalue weighted by Gasteiger charge is 2.20. The minimum Gasteiger partial charge on any atom is -0.360 e. The first kappa shape index (κ1) is 17.4. The third-order valence-corrected chi connectivity index (χ3v) is 5.17. The number of rotatable bonds is 5. The van der Waals surface area contributed by atoms with Gasteiger partial charge in [-0.05, 0) is 37.2 Å². The van der Waals surface area contributed by atoms with E-state index in [1.54, 1.807) is 6.07 Å². The maximum Gasteiger partial charge on any atom is 0.348 e. The third-order valence-electron chi connectivity index (χ3n) is 5.17. The lowest BCUT2D eigenvalue weighted by Crippen LogP contribution is -2.15. The van der Waals surface area contributed by atoms with Gasteiger partial charge in [-0.1, -0.05) is 18.2 Å². The van der Waals surface area contributed by atoms with Crippen LogP contribution in [0.5, 0.6) is 0 Å². The molecule has 0 spiro atoms. The fraction of sp³-hybridized carbons (Fsp3) is 0.143. The summed E-state index contributed by atoms with van der Waals surface area (Å²) in [5, 5.41) is 8.40. The van der Waals surface area contributed by atoms with E-state index in [1.165, 1.54) is 16.7 Å². The average molecular weight is 390 g/mol. The van der Waals surface area contributed by atoms with Gasteiger partial charge in [0.2, 0.25) is 0 Å². The molecule has 29 heavy (non-hydrogen) atoms. The SMILES string of the molecule is NCCCn1cc(-n2c(-c3c[nH]c4ccccc34)n[nH]c2=O)c2cc(F)ccc21. The summed E-state index contributed by atoms with van der Waals surface area (Å²) in [7, 11) is 0. The van der Waals surface area contributed by atoms with Gasteiger partial charge in [-0.25, -0.2) is 18.9 Å². The van der Waals surface area contributed by atoms with Crippen molar-refractivity contribution in [1.29, 1.82) is 0 Å². The van der Waals surface area contributed by atoms with E-state index in [2.05, 4.69) is 15.2 Å². The molecule has 3 aromatic heterocycles. The topological polar surface area (TPSA) is 97.4 Å². The van der Waals surface area contributed by atoms with Gasteiger partial charge in [0, 0.05) is 40.8 Å². The van der Waals surface area contributed by atoms with E-state index in [-0.39, 0.29) is 11.5 Å². The van der Waals surface area contributed by atoms with Crippen molar-refractivity contribution >= 4 is 21.8 Å². The molecule has 0 aliphatic carbocycles. The highest BCUT2D eigenvalue weighted by molar-refractivity contribution is 5.95. The number of H-pyrrole nitrogens is 2. The number of aromatic amines is 2. The lowest BCUT2D eigenvalue weighted by atomic mass is 10.1. The van der Waals surface area contributed by atoms with Crippen LogP contribution in [-0.4, -0.2) is 30.9 Å². The number of para-hydroxylation sites is 1. The van der Waals surface area contributed by atoms with Crippen molar-refractivity contribution in [3.05, 3.63) is 71.2 Å². The summed E-state index contributed by atoms with van der Waals surface area (Å²) < 4.78 is 17.5. The molecule has 0 amide bonds. The summed E-state index contributed by atoms with van der Waals surface area (Å²) >= 11 is 0. The number of halogens is 1. The first-order chi connectivity index (χ1) is 14.2. The van der Waals surface area contributed by atoms with Crippen LogP contribution in [-0.2, 0) is 6.54 Å². The highest BCUT2D eigenvalue weighted by atomic mass is 19.1. The average Bonchev–Trinajstić information content (AvgIpc) is 3.41. The van der Waals surface area contributed by atoms with Crippen LogP contribution in [0.15, 0.2) is 59.7 Å². The molecule has 0 saturated carbocycles. The molecule has 0 saturated heterocycles. The second kappa shape index (κ2) is 6.75. The Hall–Kier alpha value is -3.65. The highest BCUT2D eigenvalue weighted by Crippen LogP contribution is 2.31. The molecule has 3 heterocycles. The van der Waals surface area contributed by atoms with Crippen molar-refractivity contribution in [2.45, 2.75) is 13.0 Å². The molecule has 0 atom stereocenters. The fourth-order valence-electron chi connectivity index (χ4n) is 3.83. The van der Waals surface area contributed by atoms with E-state index in [9.17, 15) is 9.18 Å². The van der Waals surface area contributed by atoms with Crippen LogP contribution >= 0.6 is 0 Å². The molecule has 4 N–H and O–H groups in total. The van der Waals surface area contributed by atoms with Crippen LogP contribution < -0.4 is 11.4 Å². The van der Waals surface area contributed by atoms with Crippen LogP contribution in [0.1, 0.15) is 6.42 Å². The molecule has 0 aliphatic heterocycles. The number of hydrogen-bond donors (Lipinski definition) is 3. The quantitative estimate of drug-likeness (QED) is 0.430. The smallest absolute Gasteiger partial charge is 0.348 e. The van der Waals surface area contributed by atoms with Crippen molar-refractivity contribution < 1.29 is 4.39 Å². The minimum absolute atomic E-state index is 0.361. The zero-order valence-corrected chi connectivity index (χ0v) is 15.5. The van der Waals surface area contributed by atoms with E-state index in [4.69, 9.17) is 5.73 Å². The van der Waals surface area contributed by atoms with Gasteiger partial charge in [0.15, 0.2) is 5.82 Å². The molecule has 7 nitrogen and oxygen atoms in total. The van der Waals surface area contributed by atoms with Crippen LogP contribution in [0.3, 0.4) is 0 Å². The van der Waals surface area contributed by atoms with Crippen molar-refractivity contribution in [1.82, 2.24) is 24.3 Å². The Balaban J connectivity index is 1.77. The standard InChI is InChI=1S/C21H19FN6O/c22-13-6-7-18-15(10-13)19(12-27(18)9-3-8-23)28-20(25-26-21(28)29)16-11-24-17-5-2-1-4-14(16)17/h1-2,4-7,10-12,24H,3,8-9,23H2,(H,26,29). The molecule has 0 unspecified atom stereocenters. The summed E-state index contributed by atoms with van der Waals surface area (Å²) in [5.41, 5.74) is 8.44. The fourth-order valence-corrected chi connectivity index (χ4v) is 3.83. The van der Waals surface area contributed by atoms with E-state index in [0.717, 1.165) is 28.4 Å². The largest absolute Gasteiger partial charge is 0.360 e. The molecular weight excluding hydrogens is 371 g/mol. The lowest BCUT2D eigenvalue weighted by Gasteiger charge is -2.04. The van der Waals surface area contributed by atoms with Gasteiger partial charge in [0.1, 0.15) is 5.82 Å². The normalized spacial score (nSPS) is 11.7. The van der Waals surface area contributed by atoms with Crippen LogP contribution in [0.4, 0.5) is 4.39 Å². The monoisotopic (exact) mass is 390 g/mol. The van der Waals surface area contributed by atoms with E-state index < -0.39 is 0 Å². The third kappa shape index (κ3) is 2.76. The number of aryl methyl sites for hydroxylation is 1. The minimum atomic E-state index is -0.382. The van der Waals surface area contributed by atoms with Crippen LogP contribution in [0, 0.1) is 5.82 Å². The summed E-state index contributed by atoms with van der Waals surface area (Å²) in [6, 6.07) is 12.4. The number of nitrogens with one attached hydrogen (secondary N) is 2. The van der Waals surface area contributed by atoms with Crippen LogP contribution in [0.2, 0.25) is 0 Å². The first-order valence-corrected chi connectivity index (χ1v) is 9.40. The summed E-state index contributed by atoms with van der Waals surface area (Å²) in [4.78, 5) is 15.9. The molecule has 2 aromatic carbocycles. The molecule has 0 aliphatic rings. The van der Waals surface area contributed by atoms with E-state index in [0.29, 0.717) is 30.0 Å². The Morgan fingerprint density at radius 3 is 2.86 bits per heavy atom. The molecule has 0 bridgehead atoms. The number of hydrogen-bond acceptors (Lipinski definition) is 3. The lowest BCUT2D eigenvalue weighted by molar-refractivity contribution is 0.629. The molecule has 8 heteroatoms. The molecule has 0 fully saturated rings. The molecule has 146 valence electrons. The van der Waals surface area contributed by atoms with Crippen molar-refractivity contribution in [2.75, 3.05) is 6.54 Å². The van der Waals surface area contributed by atoms with Gasteiger partial charge in [-0.15, -0.1) is 0 Å². The Morgan fingerprint density at radius 1 is 1.14 bits per heavy atom. The maximum atomic E-state index is 14.1. The Kier molecular flexibility index (Phi) is 4.06. The Labute approximate surface area is 164 Å². The number of benzene rings is 2. The van der Waals surface area contributed by atoms with Gasteiger partial charge in [0.25, 0.3) is 0 Å². The second-order valence-corrected chi connectivity index (χ2v) is 6.95. The first-order valence-electron chi connectivity index (χ1n) is 9.40. The Morgan fingerprint density at radius 2 is 2.00 bits per heavy atom. The molecule has 0 radical (unpaired) electrons.